The smallest absolute Gasteiger partial charge is 0.338 e. The van der Waals surface area contributed by atoms with Crippen LogP contribution in [0.1, 0.15) is 20.7 Å². The fraction of sp³-hybridized carbons (Fsp3) is 0.364. The van der Waals surface area contributed by atoms with Crippen LogP contribution >= 0.6 is 0 Å². The molecule has 0 radical (unpaired) electrons. The van der Waals surface area contributed by atoms with E-state index in [9.17, 15) is 19.8 Å². The minimum absolute atomic E-state index is 0.00386. The lowest BCUT2D eigenvalue weighted by Gasteiger charge is -2.17. The van der Waals surface area contributed by atoms with Crippen LogP contribution < -0.4 is 9.47 Å². The summed E-state index contributed by atoms with van der Waals surface area (Å²) in [5, 5.41) is 20.8. The van der Waals surface area contributed by atoms with E-state index in [1.54, 1.807) is 0 Å². The van der Waals surface area contributed by atoms with Gasteiger partial charge < -0.3 is 38.6 Å². The number of methoxy groups -OCH3 is 2. The van der Waals surface area contributed by atoms with Crippen molar-refractivity contribution in [3.63, 3.8) is 0 Å². The molecule has 4 rings (SSSR count). The highest BCUT2D eigenvalue weighted by Gasteiger charge is 2.28. The van der Waals surface area contributed by atoms with Gasteiger partial charge >= 0.3 is 11.9 Å². The maximum atomic E-state index is 12.5. The topological polar surface area (TPSA) is 137 Å². The molecule has 2 aromatic rings. The zero-order chi connectivity index (χ0) is 22.8. The second kappa shape index (κ2) is 8.93. The summed E-state index contributed by atoms with van der Waals surface area (Å²) in [6.45, 7) is 1.25. The number of phenolic OH excluding ortho intramolecular Hbond substituents is 2. The summed E-state index contributed by atoms with van der Waals surface area (Å²) in [6.07, 6.45) is -0.236. The minimum Gasteiger partial charge on any atom is -0.504 e. The van der Waals surface area contributed by atoms with Crippen molar-refractivity contribution in [3.8, 4) is 34.1 Å². The summed E-state index contributed by atoms with van der Waals surface area (Å²) >= 11 is 0. The Balaban J connectivity index is 1.73. The number of hydrogen-bond donors (Lipinski definition) is 2. The lowest BCUT2D eigenvalue weighted by molar-refractivity contribution is 0.0468. The first-order chi connectivity index (χ1) is 15.4. The first-order valence-corrected chi connectivity index (χ1v) is 9.81. The number of epoxide rings is 2. The van der Waals surface area contributed by atoms with Crippen molar-refractivity contribution >= 4 is 11.9 Å². The molecule has 0 bridgehead atoms. The number of carbonyl (C=O) groups is 2. The molecule has 0 spiro atoms. The van der Waals surface area contributed by atoms with Crippen molar-refractivity contribution in [1.82, 2.24) is 0 Å². The van der Waals surface area contributed by atoms with E-state index < -0.39 is 23.4 Å². The number of aromatic hydroxyl groups is 2. The molecule has 32 heavy (non-hydrogen) atoms. The van der Waals surface area contributed by atoms with Crippen LogP contribution in [0, 0.1) is 0 Å². The van der Waals surface area contributed by atoms with Gasteiger partial charge in [-0.2, -0.15) is 0 Å². The Labute approximate surface area is 183 Å². The van der Waals surface area contributed by atoms with E-state index in [2.05, 4.69) is 0 Å². The molecule has 0 aromatic heterocycles. The first kappa shape index (κ1) is 21.7. The first-order valence-electron chi connectivity index (χ1n) is 9.81. The second-order valence-corrected chi connectivity index (χ2v) is 7.26. The molecule has 170 valence electrons. The van der Waals surface area contributed by atoms with Gasteiger partial charge in [0, 0.05) is 11.1 Å². The average Bonchev–Trinajstić information content (AvgIpc) is 3.71. The number of carbonyl (C=O) groups excluding carboxylic acids is 2. The number of rotatable bonds is 9. The van der Waals surface area contributed by atoms with Crippen molar-refractivity contribution in [2.45, 2.75) is 12.2 Å². The number of hydrogen-bond acceptors (Lipinski definition) is 10. The van der Waals surface area contributed by atoms with Crippen molar-refractivity contribution in [1.29, 1.82) is 0 Å². The molecule has 0 saturated carbocycles. The standard InChI is InChI=1S/C22H22O10/c1-27-18-6-12(22(26)32-10-14-8-30-14)4-16(20(18)28-2)15-3-11(5-17(23)19(15)24)21(25)31-9-13-7-29-13/h3-6,13-14,23-24H,7-10H2,1-2H3. The van der Waals surface area contributed by atoms with E-state index in [0.29, 0.717) is 13.2 Å². The number of benzene rings is 2. The van der Waals surface area contributed by atoms with E-state index >= 15 is 0 Å². The quantitative estimate of drug-likeness (QED) is 0.334. The summed E-state index contributed by atoms with van der Waals surface area (Å²) in [5.41, 5.74) is 0.358. The van der Waals surface area contributed by atoms with Gasteiger partial charge in [-0.05, 0) is 24.3 Å². The molecule has 2 atom stereocenters. The van der Waals surface area contributed by atoms with Crippen LogP contribution in [-0.4, -0.2) is 75.0 Å². The summed E-state index contributed by atoms with van der Waals surface area (Å²) in [4.78, 5) is 25.0. The molecule has 2 aromatic carbocycles. The predicted molar refractivity (Wildman–Crippen MR) is 108 cm³/mol. The van der Waals surface area contributed by atoms with Crippen molar-refractivity contribution in [2.75, 3.05) is 40.6 Å². The highest BCUT2D eigenvalue weighted by atomic mass is 16.6. The number of ether oxygens (including phenoxy) is 6. The normalized spacial score (nSPS) is 18.6. The summed E-state index contributed by atoms with van der Waals surface area (Å²) in [6, 6.07) is 5.27. The zero-order valence-electron chi connectivity index (χ0n) is 17.5. The van der Waals surface area contributed by atoms with Gasteiger partial charge in [0.05, 0.1) is 38.6 Å². The van der Waals surface area contributed by atoms with Gasteiger partial charge in [-0.25, -0.2) is 9.59 Å². The highest BCUT2D eigenvalue weighted by molar-refractivity contribution is 5.97. The Bertz CT molecular complexity index is 1040. The molecule has 10 nitrogen and oxygen atoms in total. The predicted octanol–water partition coefficient (Wildman–Crippen LogP) is 1.89. The van der Waals surface area contributed by atoms with Crippen molar-refractivity contribution in [2.24, 2.45) is 0 Å². The Hall–Kier alpha value is -3.50. The van der Waals surface area contributed by atoms with E-state index in [1.807, 2.05) is 0 Å². The van der Waals surface area contributed by atoms with Crippen LogP contribution in [0.4, 0.5) is 0 Å². The van der Waals surface area contributed by atoms with Crippen molar-refractivity contribution in [3.05, 3.63) is 35.4 Å². The minimum atomic E-state index is -0.706. The molecular formula is C22H22O10. The van der Waals surface area contributed by atoms with Crippen LogP contribution in [-0.2, 0) is 18.9 Å². The summed E-state index contributed by atoms with van der Waals surface area (Å²) < 4.78 is 31.2. The zero-order valence-corrected chi connectivity index (χ0v) is 17.5. The van der Waals surface area contributed by atoms with E-state index in [0.717, 1.165) is 6.07 Å². The van der Waals surface area contributed by atoms with Gasteiger partial charge in [-0.1, -0.05) is 0 Å². The van der Waals surface area contributed by atoms with Gasteiger partial charge in [0.1, 0.15) is 25.4 Å². The fourth-order valence-electron chi connectivity index (χ4n) is 3.06. The van der Waals surface area contributed by atoms with Crippen LogP contribution in [0.3, 0.4) is 0 Å². The number of esters is 2. The highest BCUT2D eigenvalue weighted by Crippen LogP contribution is 2.46. The molecule has 0 amide bonds. The van der Waals surface area contributed by atoms with Crippen LogP contribution in [0.25, 0.3) is 11.1 Å². The fourth-order valence-corrected chi connectivity index (χ4v) is 3.06. The molecule has 2 unspecified atom stereocenters. The lowest BCUT2D eigenvalue weighted by atomic mass is 9.97. The Morgan fingerprint density at radius 1 is 0.875 bits per heavy atom. The van der Waals surface area contributed by atoms with E-state index in [1.165, 1.54) is 32.4 Å². The SMILES string of the molecule is COc1cc(C(=O)OCC2CO2)cc(-c2cc(C(=O)OCC3CO3)cc(O)c2O)c1OC. The maximum absolute atomic E-state index is 12.5. The van der Waals surface area contributed by atoms with Gasteiger partial charge in [0.15, 0.2) is 23.0 Å². The molecule has 0 aliphatic carbocycles. The molecule has 2 saturated heterocycles. The molecular weight excluding hydrogens is 424 g/mol. The summed E-state index contributed by atoms with van der Waals surface area (Å²) in [7, 11) is 2.77. The third-order valence-corrected chi connectivity index (χ3v) is 4.94. The molecule has 2 N–H and O–H groups in total. The Kier molecular flexibility index (Phi) is 6.06. The Morgan fingerprint density at radius 3 is 1.91 bits per heavy atom. The van der Waals surface area contributed by atoms with Crippen LogP contribution in [0.5, 0.6) is 23.0 Å². The monoisotopic (exact) mass is 446 g/mol. The lowest BCUT2D eigenvalue weighted by Crippen LogP contribution is -2.11. The maximum Gasteiger partial charge on any atom is 0.338 e. The molecule has 2 fully saturated rings. The van der Waals surface area contributed by atoms with Crippen LogP contribution in [0.15, 0.2) is 24.3 Å². The van der Waals surface area contributed by atoms with Crippen LogP contribution in [0.2, 0.25) is 0 Å². The average molecular weight is 446 g/mol. The summed E-state index contributed by atoms with van der Waals surface area (Å²) in [5.74, 6) is -2.02. The van der Waals surface area contributed by atoms with E-state index in [4.69, 9.17) is 28.4 Å². The van der Waals surface area contributed by atoms with Gasteiger partial charge in [-0.3, -0.25) is 0 Å². The second-order valence-electron chi connectivity index (χ2n) is 7.26. The van der Waals surface area contributed by atoms with Crippen molar-refractivity contribution < 1.29 is 48.2 Å². The third kappa shape index (κ3) is 4.71. The van der Waals surface area contributed by atoms with E-state index in [-0.39, 0.29) is 59.2 Å². The molecule has 2 aliphatic rings. The molecule has 2 aliphatic heterocycles. The third-order valence-electron chi connectivity index (χ3n) is 4.94. The van der Waals surface area contributed by atoms with Gasteiger partial charge in [0.2, 0.25) is 0 Å². The largest absolute Gasteiger partial charge is 0.504 e. The number of phenols is 2. The van der Waals surface area contributed by atoms with Gasteiger partial charge in [0.25, 0.3) is 0 Å². The molecule has 2 heterocycles. The van der Waals surface area contributed by atoms with Gasteiger partial charge in [-0.15, -0.1) is 0 Å². The molecule has 10 heteroatoms. The Morgan fingerprint density at radius 2 is 1.41 bits per heavy atom.